The number of aliphatic hydroxyl groups excluding tert-OH is 1. The first-order chi connectivity index (χ1) is 12.3. The minimum absolute atomic E-state index is 0.0384. The summed E-state index contributed by atoms with van der Waals surface area (Å²) in [5, 5.41) is 17.6. The normalized spacial score (nSPS) is 11.7. The molecule has 1 aromatic heterocycles. The van der Waals surface area contributed by atoms with Crippen molar-refractivity contribution in [3.05, 3.63) is 53.5 Å². The van der Waals surface area contributed by atoms with Gasteiger partial charge in [0.2, 0.25) is 0 Å². The van der Waals surface area contributed by atoms with Gasteiger partial charge in [-0.2, -0.15) is 18.3 Å². The molecule has 0 aliphatic heterocycles. The van der Waals surface area contributed by atoms with Crippen LogP contribution in [0.2, 0.25) is 0 Å². The summed E-state index contributed by atoms with van der Waals surface area (Å²) in [5.41, 5.74) is -0.671. The number of fused-ring (bicyclic) bond motifs is 1. The number of aromatic amines is 1. The molecule has 2 aromatic carbocycles. The molecule has 26 heavy (non-hydrogen) atoms. The zero-order valence-electron chi connectivity index (χ0n) is 13.2. The van der Waals surface area contributed by atoms with E-state index in [0.29, 0.717) is 5.39 Å². The molecular weight excluding hydrogens is 354 g/mol. The molecule has 9 heteroatoms. The van der Waals surface area contributed by atoms with Crippen LogP contribution in [0.5, 0.6) is 0 Å². The second kappa shape index (κ2) is 6.75. The van der Waals surface area contributed by atoms with Crippen molar-refractivity contribution in [1.29, 1.82) is 0 Å². The first-order valence-corrected chi connectivity index (χ1v) is 7.54. The van der Waals surface area contributed by atoms with Crippen molar-refractivity contribution in [3.8, 4) is 11.1 Å². The molecular formula is C17H13F4N3O2. The van der Waals surface area contributed by atoms with Gasteiger partial charge >= 0.3 is 6.18 Å². The molecule has 0 aliphatic carbocycles. The lowest BCUT2D eigenvalue weighted by atomic mass is 9.97. The molecule has 3 aromatic rings. The minimum atomic E-state index is -4.57. The van der Waals surface area contributed by atoms with Crippen molar-refractivity contribution in [3.63, 3.8) is 0 Å². The van der Waals surface area contributed by atoms with Gasteiger partial charge in [-0.15, -0.1) is 0 Å². The van der Waals surface area contributed by atoms with Crippen molar-refractivity contribution >= 4 is 16.8 Å². The smallest absolute Gasteiger partial charge is 0.395 e. The fourth-order valence-corrected chi connectivity index (χ4v) is 2.59. The Labute approximate surface area is 144 Å². The molecule has 136 valence electrons. The van der Waals surface area contributed by atoms with Crippen LogP contribution in [0.15, 0.2) is 36.5 Å². The van der Waals surface area contributed by atoms with E-state index in [1.165, 1.54) is 18.3 Å². The van der Waals surface area contributed by atoms with Crippen LogP contribution in [0.3, 0.4) is 0 Å². The van der Waals surface area contributed by atoms with E-state index in [-0.39, 0.29) is 35.4 Å². The first-order valence-electron chi connectivity index (χ1n) is 7.54. The topological polar surface area (TPSA) is 78.0 Å². The van der Waals surface area contributed by atoms with Crippen molar-refractivity contribution in [2.45, 2.75) is 6.18 Å². The number of hydrogen-bond donors (Lipinski definition) is 3. The van der Waals surface area contributed by atoms with E-state index in [0.717, 1.165) is 18.2 Å². The zero-order valence-corrected chi connectivity index (χ0v) is 13.2. The highest BCUT2D eigenvalue weighted by atomic mass is 19.4. The Morgan fingerprint density at radius 3 is 2.65 bits per heavy atom. The van der Waals surface area contributed by atoms with E-state index < -0.39 is 23.5 Å². The largest absolute Gasteiger partial charge is 0.416 e. The van der Waals surface area contributed by atoms with Crippen LogP contribution in [-0.2, 0) is 6.18 Å². The second-order valence-electron chi connectivity index (χ2n) is 5.53. The third-order valence-corrected chi connectivity index (χ3v) is 3.81. The first kappa shape index (κ1) is 17.9. The Bertz CT molecular complexity index is 966. The standard InChI is InChI=1S/C17H13F4N3O2/c18-14-5-9(1-2-11(14)16(26)22-3-4-25)12-6-10(17(19,20)21)7-15-13(12)8-23-24-15/h1-2,5-8,25H,3-4H2,(H,22,26)(H,23,24). The van der Waals surface area contributed by atoms with Gasteiger partial charge in [0.25, 0.3) is 5.91 Å². The molecule has 1 heterocycles. The molecule has 0 radical (unpaired) electrons. The maximum absolute atomic E-state index is 14.3. The number of alkyl halides is 3. The molecule has 0 atom stereocenters. The lowest BCUT2D eigenvalue weighted by Crippen LogP contribution is -2.27. The molecule has 5 nitrogen and oxygen atoms in total. The SMILES string of the molecule is O=C(NCCO)c1ccc(-c2cc(C(F)(F)F)cc3[nH]ncc23)cc1F. The number of nitrogens with zero attached hydrogens (tertiary/aromatic N) is 1. The minimum Gasteiger partial charge on any atom is -0.395 e. The second-order valence-corrected chi connectivity index (χ2v) is 5.53. The van der Waals surface area contributed by atoms with Gasteiger partial charge in [0.15, 0.2) is 0 Å². The number of aromatic nitrogens is 2. The molecule has 3 N–H and O–H groups in total. The predicted octanol–water partition coefficient (Wildman–Crippen LogP) is 3.11. The summed E-state index contributed by atoms with van der Waals surface area (Å²) in [4.78, 5) is 11.8. The lowest BCUT2D eigenvalue weighted by molar-refractivity contribution is -0.137. The Hall–Kier alpha value is -2.94. The number of hydrogen-bond acceptors (Lipinski definition) is 3. The lowest BCUT2D eigenvalue weighted by Gasteiger charge is -2.11. The highest BCUT2D eigenvalue weighted by Crippen LogP contribution is 2.36. The summed E-state index contributed by atoms with van der Waals surface area (Å²) in [5.74, 6) is -1.60. The van der Waals surface area contributed by atoms with Crippen LogP contribution in [0.1, 0.15) is 15.9 Å². The summed E-state index contributed by atoms with van der Waals surface area (Å²) in [6, 6.07) is 5.38. The van der Waals surface area contributed by atoms with E-state index in [4.69, 9.17) is 5.11 Å². The van der Waals surface area contributed by atoms with Crippen molar-refractivity contribution in [2.24, 2.45) is 0 Å². The molecule has 0 saturated heterocycles. The fraction of sp³-hybridized carbons (Fsp3) is 0.176. The van der Waals surface area contributed by atoms with E-state index in [1.807, 2.05) is 0 Å². The Balaban J connectivity index is 2.08. The number of carbonyl (C=O) groups excluding carboxylic acids is 1. The van der Waals surface area contributed by atoms with Crippen LogP contribution in [0, 0.1) is 5.82 Å². The van der Waals surface area contributed by atoms with E-state index in [1.54, 1.807) is 0 Å². The van der Waals surface area contributed by atoms with Gasteiger partial charge in [-0.05, 0) is 35.4 Å². The van der Waals surface area contributed by atoms with Gasteiger partial charge in [-0.25, -0.2) is 4.39 Å². The third kappa shape index (κ3) is 3.38. The summed E-state index contributed by atoms with van der Waals surface area (Å²) in [6.07, 6.45) is -3.22. The maximum Gasteiger partial charge on any atom is 0.416 e. The Morgan fingerprint density at radius 2 is 2.00 bits per heavy atom. The predicted molar refractivity (Wildman–Crippen MR) is 85.9 cm³/mol. The quantitative estimate of drug-likeness (QED) is 0.620. The number of halogens is 4. The summed E-state index contributed by atoms with van der Waals surface area (Å²) < 4.78 is 53.6. The molecule has 0 bridgehead atoms. The van der Waals surface area contributed by atoms with Crippen molar-refractivity contribution in [2.75, 3.05) is 13.2 Å². The van der Waals surface area contributed by atoms with Gasteiger partial charge in [0.1, 0.15) is 5.82 Å². The van der Waals surface area contributed by atoms with E-state index in [2.05, 4.69) is 15.5 Å². The number of rotatable bonds is 4. The summed E-state index contributed by atoms with van der Waals surface area (Å²) in [7, 11) is 0. The number of nitrogens with one attached hydrogen (secondary N) is 2. The molecule has 1 amide bonds. The number of amides is 1. The van der Waals surface area contributed by atoms with Gasteiger partial charge in [-0.3, -0.25) is 9.89 Å². The average Bonchev–Trinajstić information content (AvgIpc) is 3.06. The van der Waals surface area contributed by atoms with Crippen molar-refractivity contribution < 1.29 is 27.5 Å². The highest BCUT2D eigenvalue weighted by Gasteiger charge is 2.32. The third-order valence-electron chi connectivity index (χ3n) is 3.81. The average molecular weight is 367 g/mol. The van der Waals surface area contributed by atoms with E-state index in [9.17, 15) is 22.4 Å². The zero-order chi connectivity index (χ0) is 18.9. The Morgan fingerprint density at radius 1 is 1.23 bits per heavy atom. The van der Waals surface area contributed by atoms with Crippen molar-refractivity contribution in [1.82, 2.24) is 15.5 Å². The maximum atomic E-state index is 14.3. The summed E-state index contributed by atoms with van der Waals surface area (Å²) >= 11 is 0. The molecule has 0 spiro atoms. The Kier molecular flexibility index (Phi) is 4.64. The number of aliphatic hydroxyl groups is 1. The van der Waals surface area contributed by atoms with Crippen LogP contribution in [-0.4, -0.2) is 34.4 Å². The molecule has 3 rings (SSSR count). The van der Waals surface area contributed by atoms with Gasteiger partial charge < -0.3 is 10.4 Å². The van der Waals surface area contributed by atoms with E-state index >= 15 is 0 Å². The van der Waals surface area contributed by atoms with Crippen LogP contribution >= 0.6 is 0 Å². The molecule has 0 unspecified atom stereocenters. The van der Waals surface area contributed by atoms with Gasteiger partial charge in [0, 0.05) is 11.9 Å². The van der Waals surface area contributed by atoms with Gasteiger partial charge in [0.05, 0.1) is 29.4 Å². The molecule has 0 fully saturated rings. The molecule has 0 aliphatic rings. The van der Waals surface area contributed by atoms with Crippen LogP contribution in [0.4, 0.5) is 17.6 Å². The molecule has 0 saturated carbocycles. The monoisotopic (exact) mass is 367 g/mol. The summed E-state index contributed by atoms with van der Waals surface area (Å²) in [6.45, 7) is -0.336. The fourth-order valence-electron chi connectivity index (χ4n) is 2.59. The number of carbonyl (C=O) groups is 1. The van der Waals surface area contributed by atoms with Crippen LogP contribution in [0.25, 0.3) is 22.0 Å². The number of H-pyrrole nitrogens is 1. The number of benzene rings is 2. The van der Waals surface area contributed by atoms with Gasteiger partial charge in [-0.1, -0.05) is 6.07 Å². The highest BCUT2D eigenvalue weighted by molar-refractivity contribution is 5.97. The van der Waals surface area contributed by atoms with Crippen LogP contribution < -0.4 is 5.32 Å².